The molecule has 2 saturated carbocycles. The molecule has 8 rings (SSSR count). The van der Waals surface area contributed by atoms with Gasteiger partial charge in [-0.15, -0.1) is 0 Å². The van der Waals surface area contributed by atoms with Crippen LogP contribution >= 0.6 is 11.6 Å². The van der Waals surface area contributed by atoms with Crippen LogP contribution in [0, 0.1) is 35.0 Å². The number of imide groups is 2. The largest absolute Gasteiger partial charge is 0.490 e. The second-order valence-corrected chi connectivity index (χ2v) is 16.1. The van der Waals surface area contributed by atoms with Crippen LogP contribution in [0.4, 0.5) is 0 Å². The molecule has 2 aliphatic carbocycles. The van der Waals surface area contributed by atoms with Crippen molar-refractivity contribution in [1.82, 2.24) is 20.4 Å². The van der Waals surface area contributed by atoms with Crippen LogP contribution in [0.5, 0.6) is 5.75 Å². The summed E-state index contributed by atoms with van der Waals surface area (Å²) in [6.45, 7) is 2.36. The van der Waals surface area contributed by atoms with E-state index in [4.69, 9.17) is 21.6 Å². The van der Waals surface area contributed by atoms with E-state index >= 15 is 0 Å². The maximum Gasteiger partial charge on any atom is 0.262 e. The average Bonchev–Trinajstić information content (AvgIpc) is 3.70. The Hall–Kier alpha value is -5.49. The van der Waals surface area contributed by atoms with E-state index in [2.05, 4.69) is 33.4 Å². The molecule has 56 heavy (non-hydrogen) atoms. The predicted molar refractivity (Wildman–Crippen MR) is 206 cm³/mol. The highest BCUT2D eigenvalue weighted by Crippen LogP contribution is 2.36. The fourth-order valence-electron chi connectivity index (χ4n) is 8.76. The Morgan fingerprint density at radius 2 is 1.54 bits per heavy atom. The summed E-state index contributed by atoms with van der Waals surface area (Å²) in [6, 6.07) is 17.4. The standard InChI is InChI=1S/C44H42ClN5O6/c45-38-21-35(14-11-30(38)22-46)56-34-15-12-33(13-16-34)47-41(52)29-9-7-27(8-10-29)2-1-26-3-5-28(6-4-26)23-49-24-31-19-36-37(20-32(31)25-49)44(55)50(43(36)54)39-17-18-40(51)48-42(39)53/h7-11,14,19-21,26,28,33-34,39H,3-6,12-13,15-18,23-25H2,(H,47,52)(H,48,51,53). The summed E-state index contributed by atoms with van der Waals surface area (Å²) in [7, 11) is 0. The fourth-order valence-corrected chi connectivity index (χ4v) is 8.97. The van der Waals surface area contributed by atoms with Gasteiger partial charge >= 0.3 is 0 Å². The van der Waals surface area contributed by atoms with Crippen molar-refractivity contribution >= 4 is 41.1 Å². The first-order chi connectivity index (χ1) is 27.1. The lowest BCUT2D eigenvalue weighted by molar-refractivity contribution is -0.136. The first-order valence-electron chi connectivity index (χ1n) is 19.5. The lowest BCUT2D eigenvalue weighted by Crippen LogP contribution is -2.54. The van der Waals surface area contributed by atoms with Gasteiger partial charge in [0.2, 0.25) is 11.8 Å². The van der Waals surface area contributed by atoms with Crippen molar-refractivity contribution in [3.05, 3.63) is 98.6 Å². The molecule has 5 aliphatic rings. The van der Waals surface area contributed by atoms with Crippen molar-refractivity contribution in [2.24, 2.45) is 11.8 Å². The molecule has 286 valence electrons. The Kier molecular flexibility index (Phi) is 10.7. The SMILES string of the molecule is N#Cc1ccc(OC2CCC(NC(=O)c3ccc(C#CC4CCC(CN5Cc6cc7c(cc6C5)C(=O)N(C5CCC(=O)NC5=O)C7=O)CC4)cc3)CC2)cc1Cl. The number of benzene rings is 3. The summed E-state index contributed by atoms with van der Waals surface area (Å²) in [4.78, 5) is 67.0. The number of piperidine rings is 1. The molecule has 1 atom stereocenters. The van der Waals surface area contributed by atoms with E-state index in [1.165, 1.54) is 0 Å². The maximum absolute atomic E-state index is 13.3. The zero-order chi connectivity index (χ0) is 38.9. The monoisotopic (exact) mass is 771 g/mol. The lowest BCUT2D eigenvalue weighted by atomic mass is 9.82. The molecule has 3 heterocycles. The molecule has 3 aliphatic heterocycles. The Labute approximate surface area is 330 Å². The van der Waals surface area contributed by atoms with E-state index in [-0.39, 0.29) is 36.8 Å². The zero-order valence-corrected chi connectivity index (χ0v) is 31.7. The number of amides is 5. The molecule has 3 aromatic carbocycles. The summed E-state index contributed by atoms with van der Waals surface area (Å²) in [5, 5.41) is 14.9. The van der Waals surface area contributed by atoms with Gasteiger partial charge < -0.3 is 10.1 Å². The van der Waals surface area contributed by atoms with Crippen LogP contribution in [0.2, 0.25) is 5.02 Å². The van der Waals surface area contributed by atoms with Gasteiger partial charge in [-0.1, -0.05) is 23.4 Å². The molecule has 0 spiro atoms. The Balaban J connectivity index is 0.765. The second kappa shape index (κ2) is 15.9. The fraction of sp³-hybridized carbons (Fsp3) is 0.409. The van der Waals surface area contributed by atoms with E-state index in [9.17, 15) is 24.0 Å². The van der Waals surface area contributed by atoms with Crippen molar-refractivity contribution in [1.29, 1.82) is 5.26 Å². The number of fused-ring (bicyclic) bond motifs is 2. The molecule has 5 amide bonds. The normalized spacial score (nSPS) is 24.7. The van der Waals surface area contributed by atoms with E-state index in [0.717, 1.165) is 79.5 Å². The molecule has 0 aromatic heterocycles. The van der Waals surface area contributed by atoms with Crippen molar-refractivity contribution in [2.45, 2.75) is 95.5 Å². The van der Waals surface area contributed by atoms with E-state index < -0.39 is 23.8 Å². The van der Waals surface area contributed by atoms with Gasteiger partial charge in [0.05, 0.1) is 27.8 Å². The quantitative estimate of drug-likeness (QED) is 0.223. The molecule has 11 nitrogen and oxygen atoms in total. The lowest BCUT2D eigenvalue weighted by Gasteiger charge is -2.29. The number of hydrogen-bond donors (Lipinski definition) is 2. The number of nitrogens with one attached hydrogen (secondary N) is 2. The topological polar surface area (TPSA) is 149 Å². The number of carbonyl (C=O) groups excluding carboxylic acids is 5. The Morgan fingerprint density at radius 3 is 2.16 bits per heavy atom. The number of nitriles is 1. The van der Waals surface area contributed by atoms with Crippen molar-refractivity contribution < 1.29 is 28.7 Å². The summed E-state index contributed by atoms with van der Waals surface area (Å²) in [5.41, 5.74) is 4.69. The summed E-state index contributed by atoms with van der Waals surface area (Å²) >= 11 is 6.14. The highest BCUT2D eigenvalue weighted by molar-refractivity contribution is 6.31. The molecule has 3 fully saturated rings. The Morgan fingerprint density at radius 1 is 0.857 bits per heavy atom. The summed E-state index contributed by atoms with van der Waals surface area (Å²) in [6.07, 6.45) is 7.77. The molecule has 12 heteroatoms. The molecule has 1 saturated heterocycles. The summed E-state index contributed by atoms with van der Waals surface area (Å²) < 4.78 is 6.08. The third-order valence-corrected chi connectivity index (χ3v) is 12.2. The van der Waals surface area contributed by atoms with Gasteiger partial charge in [-0.05, 0) is 123 Å². The van der Waals surface area contributed by atoms with Crippen molar-refractivity contribution in [3.63, 3.8) is 0 Å². The van der Waals surface area contributed by atoms with Crippen LogP contribution in [0.1, 0.15) is 118 Å². The number of carbonyl (C=O) groups is 5. The zero-order valence-electron chi connectivity index (χ0n) is 30.9. The van der Waals surface area contributed by atoms with Crippen molar-refractivity contribution in [2.75, 3.05) is 6.54 Å². The summed E-state index contributed by atoms with van der Waals surface area (Å²) in [5.74, 6) is 6.31. The molecule has 3 aromatic rings. The van der Waals surface area contributed by atoms with Gasteiger partial charge in [0.15, 0.2) is 0 Å². The van der Waals surface area contributed by atoms with Crippen LogP contribution in [-0.2, 0) is 22.7 Å². The Bertz CT molecular complexity index is 2160. The third-order valence-electron chi connectivity index (χ3n) is 11.9. The van der Waals surface area contributed by atoms with Crippen molar-refractivity contribution in [3.8, 4) is 23.7 Å². The van der Waals surface area contributed by atoms with Gasteiger partial charge in [-0.2, -0.15) is 5.26 Å². The number of rotatable bonds is 7. The minimum Gasteiger partial charge on any atom is -0.490 e. The van der Waals surface area contributed by atoms with Gasteiger partial charge in [0.1, 0.15) is 17.9 Å². The molecule has 2 N–H and O–H groups in total. The number of halogens is 1. The van der Waals surface area contributed by atoms with Crippen LogP contribution in [0.25, 0.3) is 0 Å². The highest BCUT2D eigenvalue weighted by Gasteiger charge is 2.45. The molecular weight excluding hydrogens is 730 g/mol. The van der Waals surface area contributed by atoms with Gasteiger partial charge in [-0.25, -0.2) is 0 Å². The second-order valence-electron chi connectivity index (χ2n) is 15.7. The van der Waals surface area contributed by atoms with E-state index in [1.807, 2.05) is 36.4 Å². The highest BCUT2D eigenvalue weighted by atomic mass is 35.5. The van der Waals surface area contributed by atoms with E-state index in [0.29, 0.717) is 58.0 Å². The maximum atomic E-state index is 13.3. The van der Waals surface area contributed by atoms with Crippen LogP contribution < -0.4 is 15.4 Å². The van der Waals surface area contributed by atoms with Gasteiger partial charge in [0.25, 0.3) is 17.7 Å². The minimum atomic E-state index is -0.959. The van der Waals surface area contributed by atoms with Crippen LogP contribution in [0.15, 0.2) is 54.6 Å². The third kappa shape index (κ3) is 7.93. The smallest absolute Gasteiger partial charge is 0.262 e. The first kappa shape index (κ1) is 37.4. The molecular formula is C44H42ClN5O6. The first-order valence-corrected chi connectivity index (χ1v) is 19.9. The number of ether oxygens (including phenoxy) is 1. The predicted octanol–water partition coefficient (Wildman–Crippen LogP) is 5.91. The molecule has 1 unspecified atom stereocenters. The van der Waals surface area contributed by atoms with E-state index in [1.54, 1.807) is 18.2 Å². The van der Waals surface area contributed by atoms with Crippen LogP contribution in [-0.4, -0.2) is 64.1 Å². The van der Waals surface area contributed by atoms with Gasteiger partial charge in [-0.3, -0.25) is 39.1 Å². The average molecular weight is 772 g/mol. The number of nitrogens with zero attached hydrogens (tertiary/aromatic N) is 3. The van der Waals surface area contributed by atoms with Crippen LogP contribution in [0.3, 0.4) is 0 Å². The minimum absolute atomic E-state index is 0.0386. The van der Waals surface area contributed by atoms with Gasteiger partial charge in [0, 0.05) is 55.2 Å². The number of hydrogen-bond acceptors (Lipinski definition) is 8. The molecule has 0 radical (unpaired) electrons. The molecule has 0 bridgehead atoms.